The third-order valence-corrected chi connectivity index (χ3v) is 4.27. The van der Waals surface area contributed by atoms with Crippen molar-refractivity contribution >= 4 is 17.5 Å². The number of carbonyl (C=O) groups excluding carboxylic acids is 1. The van der Waals surface area contributed by atoms with Crippen molar-refractivity contribution in [3.05, 3.63) is 52.3 Å². The Morgan fingerprint density at radius 3 is 2.77 bits per heavy atom. The molecule has 1 aliphatic heterocycles. The summed E-state index contributed by atoms with van der Waals surface area (Å²) in [5.74, 6) is -0.0598. The first-order chi connectivity index (χ1) is 10.5. The van der Waals surface area contributed by atoms with Crippen molar-refractivity contribution in [2.75, 3.05) is 13.1 Å². The molecule has 2 heterocycles. The van der Waals surface area contributed by atoms with Crippen molar-refractivity contribution in [1.82, 2.24) is 15.1 Å². The van der Waals surface area contributed by atoms with Gasteiger partial charge in [0.2, 0.25) is 0 Å². The smallest absolute Gasteiger partial charge is 0.253 e. The van der Waals surface area contributed by atoms with Crippen molar-refractivity contribution in [1.29, 1.82) is 0 Å². The minimum atomic E-state index is -0.520. The van der Waals surface area contributed by atoms with Crippen LogP contribution in [0, 0.1) is 12.8 Å². The molecule has 0 bridgehead atoms. The molecule has 3 rings (SSSR count). The summed E-state index contributed by atoms with van der Waals surface area (Å²) in [6.45, 7) is 2.84. The van der Waals surface area contributed by atoms with Crippen molar-refractivity contribution in [2.45, 2.75) is 19.4 Å². The molecule has 1 amide bonds. The van der Waals surface area contributed by atoms with Crippen LogP contribution in [-0.2, 0) is 6.42 Å². The quantitative estimate of drug-likeness (QED) is 0.909. The van der Waals surface area contributed by atoms with Gasteiger partial charge < -0.3 is 10.0 Å². The average Bonchev–Trinajstić information content (AvgIpc) is 3.06. The fourth-order valence-corrected chi connectivity index (χ4v) is 2.97. The molecule has 1 aromatic heterocycles. The number of aromatic amines is 1. The Morgan fingerprint density at radius 2 is 2.14 bits per heavy atom. The van der Waals surface area contributed by atoms with Gasteiger partial charge in [-0.25, -0.2) is 0 Å². The highest BCUT2D eigenvalue weighted by Crippen LogP contribution is 2.23. The zero-order valence-corrected chi connectivity index (χ0v) is 13.0. The Bertz CT molecular complexity index is 668. The van der Waals surface area contributed by atoms with Gasteiger partial charge in [0.05, 0.1) is 11.8 Å². The van der Waals surface area contributed by atoms with E-state index in [1.54, 1.807) is 29.2 Å². The number of carbonyl (C=O) groups is 1. The Labute approximate surface area is 133 Å². The summed E-state index contributed by atoms with van der Waals surface area (Å²) in [7, 11) is 0. The van der Waals surface area contributed by atoms with Crippen LogP contribution in [0.2, 0.25) is 5.02 Å². The lowest BCUT2D eigenvalue weighted by molar-refractivity contribution is 0.0764. The van der Waals surface area contributed by atoms with Gasteiger partial charge in [-0.05, 0) is 43.7 Å². The van der Waals surface area contributed by atoms with Crippen LogP contribution in [0.4, 0.5) is 0 Å². The summed E-state index contributed by atoms with van der Waals surface area (Å²) in [4.78, 5) is 14.1. The van der Waals surface area contributed by atoms with E-state index >= 15 is 0 Å². The minimum absolute atomic E-state index is 0.0129. The summed E-state index contributed by atoms with van der Waals surface area (Å²) in [6.07, 6.45) is 0.142. The maximum atomic E-state index is 12.5. The number of aliphatic hydroxyl groups excluding tert-OH is 1. The molecule has 0 spiro atoms. The number of amides is 1. The molecule has 2 atom stereocenters. The van der Waals surface area contributed by atoms with E-state index in [2.05, 4.69) is 10.2 Å². The number of aliphatic hydroxyl groups is 1. The Balaban J connectivity index is 1.67. The normalized spacial score (nSPS) is 21.3. The van der Waals surface area contributed by atoms with Gasteiger partial charge in [-0.2, -0.15) is 5.10 Å². The molecule has 1 fully saturated rings. The van der Waals surface area contributed by atoms with Crippen molar-refractivity contribution in [3.8, 4) is 0 Å². The zero-order chi connectivity index (χ0) is 15.7. The van der Waals surface area contributed by atoms with Crippen LogP contribution in [-0.4, -0.2) is 45.3 Å². The molecule has 5 nitrogen and oxygen atoms in total. The number of nitrogens with zero attached hydrogens (tertiary/aromatic N) is 2. The number of halogens is 1. The van der Waals surface area contributed by atoms with E-state index < -0.39 is 6.10 Å². The predicted octanol–water partition coefficient (Wildman–Crippen LogP) is 2.05. The number of hydrogen-bond donors (Lipinski definition) is 2. The van der Waals surface area contributed by atoms with E-state index in [1.165, 1.54) is 0 Å². The van der Waals surface area contributed by atoms with Crippen LogP contribution in [0.5, 0.6) is 0 Å². The first-order valence-corrected chi connectivity index (χ1v) is 7.64. The molecule has 2 unspecified atom stereocenters. The second kappa shape index (κ2) is 6.10. The molecular weight excluding hydrogens is 302 g/mol. The lowest BCUT2D eigenvalue weighted by Crippen LogP contribution is -2.29. The Morgan fingerprint density at radius 1 is 1.41 bits per heavy atom. The summed E-state index contributed by atoms with van der Waals surface area (Å²) >= 11 is 5.84. The lowest BCUT2D eigenvalue weighted by Gasteiger charge is -2.16. The SMILES string of the molecule is Cc1cc(CC2CN(C(=O)c3ccc(Cl)cc3)CC2O)n[nH]1. The molecule has 1 saturated heterocycles. The third-order valence-electron chi connectivity index (χ3n) is 4.02. The molecule has 1 aliphatic rings. The van der Waals surface area contributed by atoms with E-state index in [4.69, 9.17) is 11.6 Å². The van der Waals surface area contributed by atoms with Crippen LogP contribution in [0.25, 0.3) is 0 Å². The van der Waals surface area contributed by atoms with Crippen molar-refractivity contribution in [2.24, 2.45) is 5.92 Å². The van der Waals surface area contributed by atoms with Gasteiger partial charge in [-0.15, -0.1) is 0 Å². The summed E-state index contributed by atoms with van der Waals surface area (Å²) in [5, 5.41) is 17.9. The van der Waals surface area contributed by atoms with E-state index in [9.17, 15) is 9.90 Å². The van der Waals surface area contributed by atoms with Gasteiger partial charge in [0.15, 0.2) is 0 Å². The number of nitrogens with one attached hydrogen (secondary N) is 1. The summed E-state index contributed by atoms with van der Waals surface area (Å²) in [6, 6.07) is 8.79. The van der Waals surface area contributed by atoms with Gasteiger partial charge in [0.1, 0.15) is 0 Å². The van der Waals surface area contributed by atoms with E-state index in [1.807, 2.05) is 13.0 Å². The maximum Gasteiger partial charge on any atom is 0.253 e. The topological polar surface area (TPSA) is 69.2 Å². The maximum absolute atomic E-state index is 12.5. The second-order valence-electron chi connectivity index (χ2n) is 5.79. The van der Waals surface area contributed by atoms with Crippen LogP contribution in [0.3, 0.4) is 0 Å². The van der Waals surface area contributed by atoms with Crippen LogP contribution in [0.15, 0.2) is 30.3 Å². The molecule has 116 valence electrons. The fraction of sp³-hybridized carbons (Fsp3) is 0.375. The molecule has 2 N–H and O–H groups in total. The highest BCUT2D eigenvalue weighted by molar-refractivity contribution is 6.30. The number of hydrogen-bond acceptors (Lipinski definition) is 3. The molecule has 0 aliphatic carbocycles. The van der Waals surface area contributed by atoms with E-state index in [0.717, 1.165) is 11.4 Å². The first-order valence-electron chi connectivity index (χ1n) is 7.26. The van der Waals surface area contributed by atoms with Gasteiger partial charge in [0.25, 0.3) is 5.91 Å². The lowest BCUT2D eigenvalue weighted by atomic mass is 10.0. The van der Waals surface area contributed by atoms with Crippen LogP contribution >= 0.6 is 11.6 Å². The molecular formula is C16H18ClN3O2. The molecule has 6 heteroatoms. The van der Waals surface area contributed by atoms with Gasteiger partial charge >= 0.3 is 0 Å². The van der Waals surface area contributed by atoms with Crippen molar-refractivity contribution < 1.29 is 9.90 Å². The first kappa shape index (κ1) is 15.1. The predicted molar refractivity (Wildman–Crippen MR) is 83.9 cm³/mol. The number of rotatable bonds is 3. The van der Waals surface area contributed by atoms with Crippen LogP contribution < -0.4 is 0 Å². The number of aromatic nitrogens is 2. The van der Waals surface area contributed by atoms with Crippen LogP contribution in [0.1, 0.15) is 21.7 Å². The molecule has 22 heavy (non-hydrogen) atoms. The van der Waals surface area contributed by atoms with Gasteiger partial charge in [0, 0.05) is 35.3 Å². The number of likely N-dealkylation sites (tertiary alicyclic amines) is 1. The zero-order valence-electron chi connectivity index (χ0n) is 12.3. The Hall–Kier alpha value is -1.85. The largest absolute Gasteiger partial charge is 0.391 e. The third kappa shape index (κ3) is 3.15. The number of H-pyrrole nitrogens is 1. The summed E-state index contributed by atoms with van der Waals surface area (Å²) < 4.78 is 0. The minimum Gasteiger partial charge on any atom is -0.391 e. The monoisotopic (exact) mass is 319 g/mol. The number of benzene rings is 1. The van der Waals surface area contributed by atoms with Gasteiger partial charge in [-0.3, -0.25) is 9.89 Å². The Kier molecular flexibility index (Phi) is 4.18. The van der Waals surface area contributed by atoms with E-state index in [0.29, 0.717) is 30.1 Å². The van der Waals surface area contributed by atoms with E-state index in [-0.39, 0.29) is 11.8 Å². The number of aryl methyl sites for hydroxylation is 1. The second-order valence-corrected chi connectivity index (χ2v) is 6.23. The van der Waals surface area contributed by atoms with Gasteiger partial charge in [-0.1, -0.05) is 11.6 Å². The standard InChI is InChI=1S/C16H18ClN3O2/c1-10-6-14(19-18-10)7-12-8-20(9-15(12)21)16(22)11-2-4-13(17)5-3-11/h2-6,12,15,21H,7-9H2,1H3,(H,18,19). The summed E-state index contributed by atoms with van der Waals surface area (Å²) in [5.41, 5.74) is 2.51. The number of β-amino-alcohol motifs (C(OH)–C–C–N with tert-alkyl or cyclic N) is 1. The highest BCUT2D eigenvalue weighted by atomic mass is 35.5. The average molecular weight is 320 g/mol. The molecule has 0 saturated carbocycles. The fourth-order valence-electron chi connectivity index (χ4n) is 2.84. The highest BCUT2D eigenvalue weighted by Gasteiger charge is 2.34. The molecule has 1 aromatic carbocycles. The molecule has 2 aromatic rings. The molecule has 0 radical (unpaired) electrons. The van der Waals surface area contributed by atoms with Crippen molar-refractivity contribution in [3.63, 3.8) is 0 Å².